The van der Waals surface area contributed by atoms with Crippen molar-refractivity contribution in [3.05, 3.63) is 29.8 Å². The topological polar surface area (TPSA) is 72.2 Å². The summed E-state index contributed by atoms with van der Waals surface area (Å²) >= 11 is 0. The molecule has 0 heterocycles. The zero-order valence-corrected chi connectivity index (χ0v) is 9.95. The summed E-state index contributed by atoms with van der Waals surface area (Å²) in [5.74, 6) is -0.281. The van der Waals surface area contributed by atoms with Gasteiger partial charge in [-0.2, -0.15) is 17.7 Å². The number of primary amides is 1. The number of carbonyl (C=O) groups excluding carboxylic acids is 2. The lowest BCUT2D eigenvalue weighted by Gasteiger charge is -2.05. The summed E-state index contributed by atoms with van der Waals surface area (Å²) in [5, 5.41) is 2.77. The SMILES string of the molecule is NC(=O)CCCNC(=O)CCC[c-]1cccc1. The average Bonchev–Trinajstić information content (AvgIpc) is 2.77. The van der Waals surface area contributed by atoms with E-state index in [9.17, 15) is 9.59 Å². The minimum absolute atomic E-state index is 0.0426. The maximum absolute atomic E-state index is 11.4. The van der Waals surface area contributed by atoms with Crippen LogP contribution in [0.1, 0.15) is 31.2 Å². The lowest BCUT2D eigenvalue weighted by molar-refractivity contribution is -0.122. The van der Waals surface area contributed by atoms with E-state index in [2.05, 4.69) is 17.4 Å². The Morgan fingerprint density at radius 2 is 1.82 bits per heavy atom. The summed E-state index contributed by atoms with van der Waals surface area (Å²) < 4.78 is 0. The first-order chi connectivity index (χ1) is 8.18. The fourth-order valence-electron chi connectivity index (χ4n) is 1.61. The molecule has 17 heavy (non-hydrogen) atoms. The van der Waals surface area contributed by atoms with Crippen LogP contribution in [-0.4, -0.2) is 18.4 Å². The number of nitrogens with one attached hydrogen (secondary N) is 1. The molecule has 0 radical (unpaired) electrons. The molecule has 1 aromatic carbocycles. The highest BCUT2D eigenvalue weighted by atomic mass is 16.2. The molecule has 94 valence electrons. The van der Waals surface area contributed by atoms with Gasteiger partial charge < -0.3 is 11.1 Å². The van der Waals surface area contributed by atoms with Crippen molar-refractivity contribution in [2.24, 2.45) is 5.73 Å². The molecule has 0 aliphatic heterocycles. The third-order valence-electron chi connectivity index (χ3n) is 2.52. The normalized spacial score (nSPS) is 10.1. The molecular weight excluding hydrogens is 216 g/mol. The summed E-state index contributed by atoms with van der Waals surface area (Å²) in [5.41, 5.74) is 6.26. The predicted molar refractivity (Wildman–Crippen MR) is 66.4 cm³/mol. The summed E-state index contributed by atoms with van der Waals surface area (Å²) in [6.45, 7) is 0.526. The summed E-state index contributed by atoms with van der Waals surface area (Å²) in [7, 11) is 0. The molecule has 1 aromatic rings. The molecule has 0 fully saturated rings. The number of amides is 2. The first-order valence-electron chi connectivity index (χ1n) is 5.94. The second kappa shape index (κ2) is 7.54. The molecule has 0 aromatic heterocycles. The monoisotopic (exact) mass is 235 g/mol. The summed E-state index contributed by atoms with van der Waals surface area (Å²) in [6, 6.07) is 8.12. The predicted octanol–water partition coefficient (Wildman–Crippen LogP) is 1.11. The van der Waals surface area contributed by atoms with E-state index in [0.29, 0.717) is 25.8 Å². The number of hydrogen-bond donors (Lipinski definition) is 2. The Labute approximate surface area is 102 Å². The van der Waals surface area contributed by atoms with Gasteiger partial charge in [-0.05, 0) is 6.42 Å². The third kappa shape index (κ3) is 6.45. The van der Waals surface area contributed by atoms with Crippen LogP contribution in [0.4, 0.5) is 0 Å². The van der Waals surface area contributed by atoms with Gasteiger partial charge in [-0.25, -0.2) is 12.1 Å². The van der Waals surface area contributed by atoms with Gasteiger partial charge in [-0.1, -0.05) is 12.8 Å². The second-order valence-electron chi connectivity index (χ2n) is 4.07. The largest absolute Gasteiger partial charge is 0.370 e. The van der Waals surface area contributed by atoms with E-state index in [1.54, 1.807) is 0 Å². The highest BCUT2D eigenvalue weighted by Gasteiger charge is 2.00. The van der Waals surface area contributed by atoms with Gasteiger partial charge in [0.05, 0.1) is 0 Å². The van der Waals surface area contributed by atoms with Gasteiger partial charge in [0.1, 0.15) is 0 Å². The van der Waals surface area contributed by atoms with Gasteiger partial charge in [0, 0.05) is 19.4 Å². The molecule has 0 unspecified atom stereocenters. The first kappa shape index (κ1) is 13.4. The smallest absolute Gasteiger partial charge is 0.219 e. The highest BCUT2D eigenvalue weighted by molar-refractivity contribution is 5.76. The maximum atomic E-state index is 11.4. The fourth-order valence-corrected chi connectivity index (χ4v) is 1.61. The van der Waals surface area contributed by atoms with E-state index in [1.165, 1.54) is 5.56 Å². The molecule has 4 nitrogen and oxygen atoms in total. The van der Waals surface area contributed by atoms with Crippen molar-refractivity contribution in [2.45, 2.75) is 32.1 Å². The van der Waals surface area contributed by atoms with Crippen molar-refractivity contribution >= 4 is 11.8 Å². The Morgan fingerprint density at radius 3 is 2.47 bits per heavy atom. The molecule has 2 amide bonds. The molecule has 0 aliphatic rings. The van der Waals surface area contributed by atoms with Crippen molar-refractivity contribution in [1.29, 1.82) is 0 Å². The van der Waals surface area contributed by atoms with Crippen LogP contribution < -0.4 is 11.1 Å². The van der Waals surface area contributed by atoms with E-state index < -0.39 is 0 Å². The van der Waals surface area contributed by atoms with Crippen LogP contribution in [0.25, 0.3) is 0 Å². The van der Waals surface area contributed by atoms with E-state index in [1.807, 2.05) is 12.1 Å². The molecule has 4 heteroatoms. The highest BCUT2D eigenvalue weighted by Crippen LogP contribution is 2.05. The van der Waals surface area contributed by atoms with E-state index in [0.717, 1.165) is 12.8 Å². The van der Waals surface area contributed by atoms with Gasteiger partial charge in [0.2, 0.25) is 11.8 Å². The van der Waals surface area contributed by atoms with Gasteiger partial charge in [0.15, 0.2) is 0 Å². The minimum atomic E-state index is -0.324. The zero-order chi connectivity index (χ0) is 12.5. The quantitative estimate of drug-likeness (QED) is 0.523. The Kier molecular flexibility index (Phi) is 5.93. The molecule has 0 saturated carbocycles. The molecule has 0 aliphatic carbocycles. The fraction of sp³-hybridized carbons (Fsp3) is 0.462. The number of rotatable bonds is 8. The number of nitrogens with two attached hydrogens (primary N) is 1. The van der Waals surface area contributed by atoms with Crippen LogP contribution in [-0.2, 0) is 16.0 Å². The van der Waals surface area contributed by atoms with Gasteiger partial charge >= 0.3 is 0 Å². The van der Waals surface area contributed by atoms with Crippen LogP contribution >= 0.6 is 0 Å². The second-order valence-corrected chi connectivity index (χ2v) is 4.07. The zero-order valence-electron chi connectivity index (χ0n) is 9.95. The van der Waals surface area contributed by atoms with Crippen LogP contribution in [0.15, 0.2) is 24.3 Å². The number of carbonyl (C=O) groups is 2. The van der Waals surface area contributed by atoms with Crippen LogP contribution in [0, 0.1) is 0 Å². The number of hydrogen-bond acceptors (Lipinski definition) is 2. The van der Waals surface area contributed by atoms with Crippen molar-refractivity contribution in [3.8, 4) is 0 Å². The minimum Gasteiger partial charge on any atom is -0.370 e. The molecule has 0 bridgehead atoms. The lowest BCUT2D eigenvalue weighted by Crippen LogP contribution is -2.25. The van der Waals surface area contributed by atoms with Crippen LogP contribution in [0.5, 0.6) is 0 Å². The number of aryl methyl sites for hydroxylation is 1. The van der Waals surface area contributed by atoms with Crippen molar-refractivity contribution in [3.63, 3.8) is 0 Å². The molecule has 1 rings (SSSR count). The molecule has 3 N–H and O–H groups in total. The van der Waals surface area contributed by atoms with Gasteiger partial charge in [-0.3, -0.25) is 9.59 Å². The summed E-state index contributed by atoms with van der Waals surface area (Å²) in [4.78, 5) is 21.8. The van der Waals surface area contributed by atoms with E-state index in [4.69, 9.17) is 5.73 Å². The Balaban J connectivity index is 1.99. The van der Waals surface area contributed by atoms with Crippen molar-refractivity contribution < 1.29 is 9.59 Å². The van der Waals surface area contributed by atoms with Gasteiger partial charge in [-0.15, -0.1) is 0 Å². The maximum Gasteiger partial charge on any atom is 0.219 e. The Bertz CT molecular complexity index is 344. The summed E-state index contributed by atoms with van der Waals surface area (Å²) in [6.07, 6.45) is 3.26. The Morgan fingerprint density at radius 1 is 1.12 bits per heavy atom. The average molecular weight is 235 g/mol. The third-order valence-corrected chi connectivity index (χ3v) is 2.52. The van der Waals surface area contributed by atoms with Crippen LogP contribution in [0.3, 0.4) is 0 Å². The molecule has 0 atom stereocenters. The lowest BCUT2D eigenvalue weighted by atomic mass is 10.1. The first-order valence-corrected chi connectivity index (χ1v) is 5.94. The Hall–Kier alpha value is -1.71. The standard InChI is InChI=1S/C13H19N2O2/c14-12(16)8-4-10-15-13(17)9-3-7-11-5-1-2-6-11/h1-2,5-6H,3-4,7-10H2,(H2,14,16)(H,15,17)/q-1. The van der Waals surface area contributed by atoms with Crippen molar-refractivity contribution in [1.82, 2.24) is 5.32 Å². The van der Waals surface area contributed by atoms with Crippen molar-refractivity contribution in [2.75, 3.05) is 6.54 Å². The molecular formula is C13H19N2O2-. The van der Waals surface area contributed by atoms with E-state index >= 15 is 0 Å². The van der Waals surface area contributed by atoms with Gasteiger partial charge in [0.25, 0.3) is 0 Å². The van der Waals surface area contributed by atoms with Crippen LogP contribution in [0.2, 0.25) is 0 Å². The molecule has 0 saturated heterocycles. The molecule has 0 spiro atoms. The van der Waals surface area contributed by atoms with E-state index in [-0.39, 0.29) is 11.8 Å².